The zero-order valence-electron chi connectivity index (χ0n) is 14.4. The first kappa shape index (κ1) is 14.8. The third kappa shape index (κ3) is 1.97. The third-order valence-electron chi connectivity index (χ3n) is 6.11. The lowest BCUT2D eigenvalue weighted by Crippen LogP contribution is -2.55. The van der Waals surface area contributed by atoms with Crippen LogP contribution in [0.25, 0.3) is 32.5 Å². The lowest BCUT2D eigenvalue weighted by molar-refractivity contribution is -0.184. The van der Waals surface area contributed by atoms with E-state index in [1.165, 1.54) is 19.3 Å². The minimum absolute atomic E-state index is 0.170. The molecule has 4 aromatic rings. The van der Waals surface area contributed by atoms with Crippen molar-refractivity contribution in [2.24, 2.45) is 18.4 Å². The van der Waals surface area contributed by atoms with E-state index in [1.54, 1.807) is 16.0 Å². The molecule has 3 aliphatic carbocycles. The molecule has 0 spiro atoms. The fraction of sp³-hybridized carbons (Fsp3) is 0.350. The summed E-state index contributed by atoms with van der Waals surface area (Å²) in [6.45, 7) is 0. The van der Waals surface area contributed by atoms with Crippen LogP contribution in [0.2, 0.25) is 0 Å². The zero-order chi connectivity index (χ0) is 17.5. The molecular weight excluding hydrogens is 344 g/mol. The van der Waals surface area contributed by atoms with Gasteiger partial charge in [0.25, 0.3) is 0 Å². The lowest BCUT2D eigenvalue weighted by atomic mass is 9.42. The topological polar surface area (TPSA) is 63.8 Å². The van der Waals surface area contributed by atoms with Crippen molar-refractivity contribution in [1.29, 1.82) is 0 Å². The van der Waals surface area contributed by atoms with E-state index in [0.29, 0.717) is 0 Å². The molecular formula is C20H18N4OS. The highest BCUT2D eigenvalue weighted by Gasteiger charge is 2.60. The van der Waals surface area contributed by atoms with Gasteiger partial charge in [-0.3, -0.25) is 4.68 Å². The maximum atomic E-state index is 10.8. The molecule has 3 fully saturated rings. The quantitative estimate of drug-likeness (QED) is 0.596. The van der Waals surface area contributed by atoms with E-state index < -0.39 is 0 Å². The Morgan fingerprint density at radius 2 is 2.08 bits per heavy atom. The highest BCUT2D eigenvalue weighted by atomic mass is 32.1. The van der Waals surface area contributed by atoms with Gasteiger partial charge in [0.15, 0.2) is 5.65 Å². The second-order valence-electron chi connectivity index (χ2n) is 7.92. The molecule has 26 heavy (non-hydrogen) atoms. The summed E-state index contributed by atoms with van der Waals surface area (Å²) >= 11 is 1.62. The summed E-state index contributed by atoms with van der Waals surface area (Å²) < 4.78 is 1.77. The van der Waals surface area contributed by atoms with Gasteiger partial charge in [-0.1, -0.05) is 0 Å². The van der Waals surface area contributed by atoms with Gasteiger partial charge in [0.2, 0.25) is 0 Å². The predicted octanol–water partition coefficient (Wildman–Crippen LogP) is 4.08. The summed E-state index contributed by atoms with van der Waals surface area (Å²) in [7, 11) is 1.90. The van der Waals surface area contributed by atoms with Crippen molar-refractivity contribution < 1.29 is 5.11 Å². The van der Waals surface area contributed by atoms with Gasteiger partial charge >= 0.3 is 0 Å². The normalized spacial score (nSPS) is 25.2. The first-order chi connectivity index (χ1) is 12.6. The molecule has 3 saturated carbocycles. The number of hydrogen-bond donors (Lipinski definition) is 1. The second-order valence-corrected chi connectivity index (χ2v) is 8.98. The minimum atomic E-state index is -0.330. The van der Waals surface area contributed by atoms with Crippen LogP contribution in [0.3, 0.4) is 0 Å². The largest absolute Gasteiger partial charge is 0.387 e. The molecule has 2 bridgehead atoms. The van der Waals surface area contributed by atoms with Crippen molar-refractivity contribution in [3.63, 3.8) is 0 Å². The van der Waals surface area contributed by atoms with Crippen LogP contribution in [-0.4, -0.2) is 24.9 Å². The van der Waals surface area contributed by atoms with Gasteiger partial charge in [-0.2, -0.15) is 5.10 Å². The summed E-state index contributed by atoms with van der Waals surface area (Å²) in [5.74, 6) is 0.874. The van der Waals surface area contributed by atoms with Crippen molar-refractivity contribution in [2.45, 2.75) is 25.4 Å². The van der Waals surface area contributed by atoms with Gasteiger partial charge in [0, 0.05) is 46.1 Å². The van der Waals surface area contributed by atoms with Crippen molar-refractivity contribution in [3.05, 3.63) is 41.5 Å². The van der Waals surface area contributed by atoms with Gasteiger partial charge in [0.05, 0.1) is 11.8 Å². The number of hydrogen-bond acceptors (Lipinski definition) is 5. The summed E-state index contributed by atoms with van der Waals surface area (Å²) in [6, 6.07) is 8.32. The summed E-state index contributed by atoms with van der Waals surface area (Å²) in [4.78, 5) is 11.3. The Kier molecular flexibility index (Phi) is 2.79. The van der Waals surface area contributed by atoms with E-state index in [2.05, 4.69) is 28.3 Å². The molecule has 0 amide bonds. The Labute approximate surface area is 154 Å². The van der Waals surface area contributed by atoms with Crippen LogP contribution in [0.5, 0.6) is 0 Å². The molecule has 1 atom stereocenters. The molecule has 6 heteroatoms. The average Bonchev–Trinajstić information content (AvgIpc) is 3.12. The molecule has 4 heterocycles. The molecule has 7 rings (SSSR count). The van der Waals surface area contributed by atoms with Crippen LogP contribution in [0, 0.1) is 11.3 Å². The maximum Gasteiger partial charge on any atom is 0.181 e. The van der Waals surface area contributed by atoms with E-state index in [9.17, 15) is 5.11 Å². The Morgan fingerprint density at radius 1 is 1.23 bits per heavy atom. The molecule has 0 radical (unpaired) electrons. The summed E-state index contributed by atoms with van der Waals surface area (Å²) in [6.07, 6.45) is 7.04. The van der Waals surface area contributed by atoms with Gasteiger partial charge in [-0.05, 0) is 49.4 Å². The third-order valence-corrected chi connectivity index (χ3v) is 7.20. The number of aryl methyl sites for hydroxylation is 1. The molecule has 4 aromatic heterocycles. The van der Waals surface area contributed by atoms with Crippen LogP contribution in [0.15, 0.2) is 36.7 Å². The molecule has 0 aromatic carbocycles. The Balaban J connectivity index is 1.39. The van der Waals surface area contributed by atoms with Crippen LogP contribution < -0.4 is 0 Å². The highest BCUT2D eigenvalue weighted by molar-refractivity contribution is 7.18. The highest BCUT2D eigenvalue weighted by Crippen LogP contribution is 2.70. The number of aliphatic hydroxyl groups excluding tert-OH is 1. The van der Waals surface area contributed by atoms with Gasteiger partial charge in [0.1, 0.15) is 4.83 Å². The van der Waals surface area contributed by atoms with E-state index in [1.807, 2.05) is 25.5 Å². The maximum absolute atomic E-state index is 10.8. The SMILES string of the molecule is Cn1cc2cc(-c3ccc4cc([C@H](O)C56CC(C5)C6)sc4n3)cnc2n1. The molecule has 0 unspecified atom stereocenters. The van der Waals surface area contributed by atoms with Crippen LogP contribution in [0.4, 0.5) is 0 Å². The van der Waals surface area contributed by atoms with E-state index in [0.717, 1.165) is 43.3 Å². The molecule has 3 aliphatic rings. The minimum Gasteiger partial charge on any atom is -0.387 e. The lowest BCUT2D eigenvalue weighted by Gasteiger charge is -2.63. The summed E-state index contributed by atoms with van der Waals surface area (Å²) in [5, 5.41) is 17.2. The molecule has 0 aliphatic heterocycles. The fourth-order valence-corrected chi connectivity index (χ4v) is 5.75. The fourth-order valence-electron chi connectivity index (χ4n) is 4.59. The van der Waals surface area contributed by atoms with E-state index in [-0.39, 0.29) is 11.5 Å². The van der Waals surface area contributed by atoms with Gasteiger partial charge < -0.3 is 5.11 Å². The van der Waals surface area contributed by atoms with Gasteiger partial charge in [-0.25, -0.2) is 9.97 Å². The van der Waals surface area contributed by atoms with Crippen molar-refractivity contribution in [1.82, 2.24) is 19.7 Å². The van der Waals surface area contributed by atoms with Crippen LogP contribution in [-0.2, 0) is 7.05 Å². The predicted molar refractivity (Wildman–Crippen MR) is 102 cm³/mol. The van der Waals surface area contributed by atoms with Gasteiger partial charge in [-0.15, -0.1) is 11.3 Å². The second kappa shape index (κ2) is 4.90. The molecule has 1 N–H and O–H groups in total. The van der Waals surface area contributed by atoms with Crippen molar-refractivity contribution in [2.75, 3.05) is 0 Å². The average molecular weight is 362 g/mol. The zero-order valence-corrected chi connectivity index (χ0v) is 15.2. The molecule has 5 nitrogen and oxygen atoms in total. The number of thiophene rings is 1. The van der Waals surface area contributed by atoms with Crippen LogP contribution >= 0.6 is 11.3 Å². The number of pyridine rings is 2. The van der Waals surface area contributed by atoms with Crippen molar-refractivity contribution >= 4 is 32.6 Å². The number of fused-ring (bicyclic) bond motifs is 2. The number of aromatic nitrogens is 4. The first-order valence-corrected chi connectivity index (χ1v) is 9.80. The Bertz CT molecular complexity index is 1160. The number of aliphatic hydroxyl groups is 1. The first-order valence-electron chi connectivity index (χ1n) is 8.98. The summed E-state index contributed by atoms with van der Waals surface area (Å²) in [5.41, 5.74) is 2.81. The number of nitrogens with zero attached hydrogens (tertiary/aromatic N) is 4. The Morgan fingerprint density at radius 3 is 2.85 bits per heavy atom. The van der Waals surface area contributed by atoms with Crippen LogP contribution in [0.1, 0.15) is 30.2 Å². The molecule has 130 valence electrons. The van der Waals surface area contributed by atoms with Crippen molar-refractivity contribution in [3.8, 4) is 11.3 Å². The smallest absolute Gasteiger partial charge is 0.181 e. The monoisotopic (exact) mass is 362 g/mol. The van der Waals surface area contributed by atoms with E-state index >= 15 is 0 Å². The number of rotatable bonds is 3. The van der Waals surface area contributed by atoms with E-state index in [4.69, 9.17) is 4.98 Å². The Hall–Kier alpha value is -2.31. The molecule has 0 saturated heterocycles. The standard InChI is InChI=1S/C20H18N4OS/c1-24-10-14-4-13(9-21-18(14)23-24)15-3-2-12-5-16(26-19(12)22-15)17(25)20-6-11(7-20)8-20/h2-5,9-11,17,25H,6-8H2,1H3/t11?,17-,20?/m0/s1.